The molecule has 0 radical (unpaired) electrons. The number of aryl methyl sites for hydroxylation is 1. The third-order valence-corrected chi connectivity index (χ3v) is 5.88. The van der Waals surface area contributed by atoms with E-state index in [4.69, 9.17) is 23.9 Å². The van der Waals surface area contributed by atoms with E-state index < -0.39 is 0 Å². The SMILES string of the molecule is COCCOCOc1cc(OC)cc(N(CCNC(C)C)c2ccc3ncc(-c4cnn(C)c4)nc3c2)c1. The van der Waals surface area contributed by atoms with E-state index in [0.29, 0.717) is 30.8 Å². The Labute approximate surface area is 223 Å². The summed E-state index contributed by atoms with van der Waals surface area (Å²) in [5.74, 6) is 1.34. The maximum Gasteiger partial charge on any atom is 0.189 e. The summed E-state index contributed by atoms with van der Waals surface area (Å²) in [7, 11) is 5.17. The Bertz CT molecular complexity index is 1330. The smallest absolute Gasteiger partial charge is 0.189 e. The van der Waals surface area contributed by atoms with Crippen LogP contribution in [0, 0.1) is 0 Å². The van der Waals surface area contributed by atoms with Crippen molar-refractivity contribution in [1.29, 1.82) is 0 Å². The van der Waals surface area contributed by atoms with Gasteiger partial charge in [-0.1, -0.05) is 13.8 Å². The number of nitrogens with one attached hydrogen (secondary N) is 1. The molecule has 0 aliphatic rings. The summed E-state index contributed by atoms with van der Waals surface area (Å²) in [6.45, 7) is 6.86. The number of rotatable bonds is 14. The number of hydrogen-bond donors (Lipinski definition) is 1. The molecular weight excluding hydrogens is 484 g/mol. The Morgan fingerprint density at radius 3 is 2.55 bits per heavy atom. The van der Waals surface area contributed by atoms with Gasteiger partial charge in [0.15, 0.2) is 6.79 Å². The molecule has 4 aromatic rings. The first-order valence-corrected chi connectivity index (χ1v) is 12.6. The second kappa shape index (κ2) is 13.2. The van der Waals surface area contributed by atoms with E-state index in [9.17, 15) is 0 Å². The molecule has 38 heavy (non-hydrogen) atoms. The van der Waals surface area contributed by atoms with Gasteiger partial charge in [-0.3, -0.25) is 9.67 Å². The van der Waals surface area contributed by atoms with Crippen molar-refractivity contribution in [3.63, 3.8) is 0 Å². The minimum Gasteiger partial charge on any atom is -0.497 e. The van der Waals surface area contributed by atoms with E-state index in [1.807, 2.05) is 37.5 Å². The van der Waals surface area contributed by atoms with E-state index in [1.54, 1.807) is 31.3 Å². The maximum atomic E-state index is 5.87. The van der Waals surface area contributed by atoms with Gasteiger partial charge in [-0.05, 0) is 18.2 Å². The van der Waals surface area contributed by atoms with Gasteiger partial charge in [0.1, 0.15) is 11.5 Å². The lowest BCUT2D eigenvalue weighted by atomic mass is 10.2. The quantitative estimate of drug-likeness (QED) is 0.194. The Balaban J connectivity index is 1.67. The highest BCUT2D eigenvalue weighted by molar-refractivity contribution is 5.82. The molecular formula is C28H36N6O4. The summed E-state index contributed by atoms with van der Waals surface area (Å²) in [6, 6.07) is 12.3. The van der Waals surface area contributed by atoms with E-state index in [-0.39, 0.29) is 6.79 Å². The molecule has 0 bridgehead atoms. The summed E-state index contributed by atoms with van der Waals surface area (Å²) < 4.78 is 23.7. The fourth-order valence-electron chi connectivity index (χ4n) is 3.96. The highest BCUT2D eigenvalue weighted by Crippen LogP contribution is 2.34. The molecule has 10 heteroatoms. The second-order valence-electron chi connectivity index (χ2n) is 9.12. The van der Waals surface area contributed by atoms with Gasteiger partial charge in [0.2, 0.25) is 0 Å². The van der Waals surface area contributed by atoms with E-state index >= 15 is 0 Å². The van der Waals surface area contributed by atoms with Crippen molar-refractivity contribution in [3.8, 4) is 22.8 Å². The summed E-state index contributed by atoms with van der Waals surface area (Å²) >= 11 is 0. The highest BCUT2D eigenvalue weighted by atomic mass is 16.7. The Morgan fingerprint density at radius 1 is 0.974 bits per heavy atom. The monoisotopic (exact) mass is 520 g/mol. The molecule has 4 rings (SSSR count). The highest BCUT2D eigenvalue weighted by Gasteiger charge is 2.15. The van der Waals surface area contributed by atoms with Crippen LogP contribution in [-0.4, -0.2) is 73.1 Å². The van der Waals surface area contributed by atoms with Crippen LogP contribution in [0.5, 0.6) is 11.5 Å². The average molecular weight is 521 g/mol. The van der Waals surface area contributed by atoms with Crippen LogP contribution in [0.3, 0.4) is 0 Å². The molecule has 10 nitrogen and oxygen atoms in total. The summed E-state index contributed by atoms with van der Waals surface area (Å²) in [6.07, 6.45) is 5.50. The van der Waals surface area contributed by atoms with Gasteiger partial charge in [-0.2, -0.15) is 5.10 Å². The molecule has 2 aromatic carbocycles. The number of methoxy groups -OCH3 is 2. The number of nitrogens with zero attached hydrogens (tertiary/aromatic N) is 5. The lowest BCUT2D eigenvalue weighted by molar-refractivity contribution is -0.00851. The van der Waals surface area contributed by atoms with Crippen LogP contribution < -0.4 is 19.7 Å². The van der Waals surface area contributed by atoms with E-state index in [0.717, 1.165) is 46.8 Å². The van der Waals surface area contributed by atoms with Crippen LogP contribution in [-0.2, 0) is 16.5 Å². The van der Waals surface area contributed by atoms with Crippen LogP contribution in [0.4, 0.5) is 11.4 Å². The van der Waals surface area contributed by atoms with Crippen molar-refractivity contribution in [1.82, 2.24) is 25.1 Å². The molecule has 2 aromatic heterocycles. The third-order valence-electron chi connectivity index (χ3n) is 5.88. The van der Waals surface area contributed by atoms with Crippen molar-refractivity contribution in [2.45, 2.75) is 19.9 Å². The number of aromatic nitrogens is 4. The van der Waals surface area contributed by atoms with E-state index in [2.05, 4.69) is 46.3 Å². The van der Waals surface area contributed by atoms with Gasteiger partial charge in [-0.15, -0.1) is 0 Å². The summed E-state index contributed by atoms with van der Waals surface area (Å²) in [5, 5.41) is 7.77. The largest absolute Gasteiger partial charge is 0.497 e. The summed E-state index contributed by atoms with van der Waals surface area (Å²) in [4.78, 5) is 11.7. The normalized spacial score (nSPS) is 11.3. The minimum absolute atomic E-state index is 0.119. The van der Waals surface area contributed by atoms with Crippen LogP contribution in [0.25, 0.3) is 22.3 Å². The Morgan fingerprint density at radius 2 is 1.82 bits per heavy atom. The number of hydrogen-bond acceptors (Lipinski definition) is 9. The average Bonchev–Trinajstić information content (AvgIpc) is 3.36. The fourth-order valence-corrected chi connectivity index (χ4v) is 3.96. The lowest BCUT2D eigenvalue weighted by Gasteiger charge is -2.27. The van der Waals surface area contributed by atoms with Gasteiger partial charge in [0.25, 0.3) is 0 Å². The van der Waals surface area contributed by atoms with Gasteiger partial charge < -0.3 is 29.2 Å². The first-order chi connectivity index (χ1) is 18.5. The van der Waals surface area contributed by atoms with Crippen molar-refractivity contribution in [2.75, 3.05) is 52.2 Å². The van der Waals surface area contributed by atoms with Gasteiger partial charge in [-0.25, -0.2) is 4.98 Å². The second-order valence-corrected chi connectivity index (χ2v) is 9.12. The van der Waals surface area contributed by atoms with Gasteiger partial charge in [0, 0.05) is 74.6 Å². The molecule has 0 saturated carbocycles. The molecule has 0 atom stereocenters. The molecule has 0 fully saturated rings. The van der Waals surface area contributed by atoms with Crippen molar-refractivity contribution >= 4 is 22.4 Å². The number of benzene rings is 2. The number of anilines is 2. The minimum atomic E-state index is 0.119. The molecule has 0 saturated heterocycles. The Kier molecular flexibility index (Phi) is 9.47. The molecule has 1 N–H and O–H groups in total. The van der Waals surface area contributed by atoms with E-state index in [1.165, 1.54) is 0 Å². The topological polar surface area (TPSA) is 95.8 Å². The van der Waals surface area contributed by atoms with Crippen LogP contribution in [0.1, 0.15) is 13.8 Å². The zero-order valence-electron chi connectivity index (χ0n) is 22.7. The zero-order valence-corrected chi connectivity index (χ0v) is 22.7. The number of ether oxygens (including phenoxy) is 4. The predicted octanol–water partition coefficient (Wildman–Crippen LogP) is 4.17. The molecule has 2 heterocycles. The fraction of sp³-hybridized carbons (Fsp3) is 0.393. The number of fused-ring (bicyclic) bond motifs is 1. The predicted molar refractivity (Wildman–Crippen MR) is 148 cm³/mol. The molecule has 0 spiro atoms. The molecule has 0 aliphatic carbocycles. The van der Waals surface area contributed by atoms with Crippen molar-refractivity contribution in [2.24, 2.45) is 7.05 Å². The molecule has 202 valence electrons. The van der Waals surface area contributed by atoms with Gasteiger partial charge >= 0.3 is 0 Å². The third kappa shape index (κ3) is 7.18. The van der Waals surface area contributed by atoms with Crippen LogP contribution in [0.15, 0.2) is 55.0 Å². The van der Waals surface area contributed by atoms with Crippen LogP contribution >= 0.6 is 0 Å². The molecule has 0 amide bonds. The zero-order chi connectivity index (χ0) is 26.9. The van der Waals surface area contributed by atoms with Crippen molar-refractivity contribution in [3.05, 3.63) is 55.0 Å². The molecule has 0 unspecified atom stereocenters. The first kappa shape index (κ1) is 27.3. The molecule has 0 aliphatic heterocycles. The first-order valence-electron chi connectivity index (χ1n) is 12.6. The van der Waals surface area contributed by atoms with Crippen molar-refractivity contribution < 1.29 is 18.9 Å². The maximum absolute atomic E-state index is 5.87. The lowest BCUT2D eigenvalue weighted by Crippen LogP contribution is -2.32. The summed E-state index contributed by atoms with van der Waals surface area (Å²) in [5.41, 5.74) is 5.24. The standard InChI is InChI=1S/C28H36N6O4/c1-20(2)29-8-9-34(23-12-24(36-5)15-25(13-23)38-19-37-11-10-35-4)22-6-7-26-27(14-22)32-28(17-30-26)21-16-31-33(3)18-21/h6-7,12-18,20,29H,8-11,19H2,1-5H3. The van der Waals surface area contributed by atoms with Crippen LogP contribution in [0.2, 0.25) is 0 Å². The van der Waals surface area contributed by atoms with Gasteiger partial charge in [0.05, 0.1) is 49.4 Å². The Hall–Kier alpha value is -3.73.